The number of nitrogens with one attached hydrogen (secondary N) is 1. The lowest BCUT2D eigenvalue weighted by molar-refractivity contribution is -0.111. The van der Waals surface area contributed by atoms with E-state index in [0.717, 1.165) is 11.4 Å². The molecule has 1 heterocycles. The summed E-state index contributed by atoms with van der Waals surface area (Å²) in [4.78, 5) is 11.4. The molecule has 0 spiro atoms. The van der Waals surface area contributed by atoms with Gasteiger partial charge in [0.25, 0.3) is 0 Å². The molecule has 86 valence electrons. The third kappa shape index (κ3) is 2.84. The number of aromatic nitrogens is 1. The molecule has 2 aromatic rings. The van der Waals surface area contributed by atoms with Crippen LogP contribution in [0.5, 0.6) is 0 Å². The van der Waals surface area contributed by atoms with Crippen molar-refractivity contribution in [2.75, 3.05) is 5.32 Å². The largest absolute Gasteiger partial charge is 0.324 e. The molecule has 1 aromatic heterocycles. The molecule has 0 unspecified atom stereocenters. The number of carbonyl (C=O) groups is 1. The smallest absolute Gasteiger partial charge is 0.248 e. The fourth-order valence-corrected chi connectivity index (χ4v) is 1.59. The van der Waals surface area contributed by atoms with Gasteiger partial charge in [0.05, 0.1) is 0 Å². The van der Waals surface area contributed by atoms with Crippen LogP contribution in [0.3, 0.4) is 0 Å². The van der Waals surface area contributed by atoms with Crippen molar-refractivity contribution in [2.24, 2.45) is 0 Å². The van der Waals surface area contributed by atoms with Gasteiger partial charge in [0, 0.05) is 23.8 Å². The Morgan fingerprint density at radius 1 is 1.24 bits per heavy atom. The molecule has 0 fully saturated rings. The molecule has 0 atom stereocenters. The highest BCUT2D eigenvalue weighted by atomic mass is 16.1. The van der Waals surface area contributed by atoms with E-state index in [1.54, 1.807) is 6.08 Å². The zero-order chi connectivity index (χ0) is 12.1. The molecule has 0 aliphatic carbocycles. The summed E-state index contributed by atoms with van der Waals surface area (Å²) in [6.07, 6.45) is 7.15. The summed E-state index contributed by atoms with van der Waals surface area (Å²) < 4.78 is 1.99. The van der Waals surface area contributed by atoms with E-state index >= 15 is 0 Å². The van der Waals surface area contributed by atoms with E-state index in [0.29, 0.717) is 0 Å². The van der Waals surface area contributed by atoms with Crippen LogP contribution in [0.2, 0.25) is 0 Å². The Bertz CT molecular complexity index is 527. The number of benzene rings is 1. The summed E-state index contributed by atoms with van der Waals surface area (Å²) in [5.74, 6) is -0.114. The van der Waals surface area contributed by atoms with Gasteiger partial charge in [-0.15, -0.1) is 0 Å². The molecule has 2 rings (SSSR count). The number of allylic oxidation sites excluding steroid dienone is 1. The summed E-state index contributed by atoms with van der Waals surface area (Å²) >= 11 is 0. The minimum Gasteiger partial charge on any atom is -0.324 e. The minimum atomic E-state index is -0.114. The van der Waals surface area contributed by atoms with E-state index in [2.05, 4.69) is 5.32 Å². The Morgan fingerprint density at radius 2 is 2.00 bits per heavy atom. The van der Waals surface area contributed by atoms with Crippen LogP contribution in [-0.2, 0) is 4.79 Å². The van der Waals surface area contributed by atoms with Crippen LogP contribution in [0.4, 0.5) is 5.69 Å². The van der Waals surface area contributed by atoms with Crippen molar-refractivity contribution in [3.05, 3.63) is 60.9 Å². The zero-order valence-corrected chi connectivity index (χ0v) is 9.63. The molecule has 0 saturated heterocycles. The molecule has 3 heteroatoms. The van der Waals surface area contributed by atoms with Crippen LogP contribution in [-0.4, -0.2) is 10.5 Å². The zero-order valence-electron chi connectivity index (χ0n) is 9.63. The van der Waals surface area contributed by atoms with Crippen molar-refractivity contribution in [2.45, 2.75) is 6.92 Å². The van der Waals surface area contributed by atoms with Gasteiger partial charge in [0.15, 0.2) is 0 Å². The van der Waals surface area contributed by atoms with E-state index < -0.39 is 0 Å². The lowest BCUT2D eigenvalue weighted by Gasteiger charge is -2.06. The van der Waals surface area contributed by atoms with Crippen LogP contribution in [0.25, 0.3) is 5.69 Å². The van der Waals surface area contributed by atoms with E-state index in [1.165, 1.54) is 6.08 Å². The van der Waals surface area contributed by atoms with Crippen molar-refractivity contribution in [1.82, 2.24) is 4.57 Å². The van der Waals surface area contributed by atoms with Crippen LogP contribution < -0.4 is 5.32 Å². The Morgan fingerprint density at radius 3 is 2.71 bits per heavy atom. The maximum atomic E-state index is 11.4. The molecule has 17 heavy (non-hydrogen) atoms. The maximum Gasteiger partial charge on any atom is 0.248 e. The quantitative estimate of drug-likeness (QED) is 0.802. The lowest BCUT2D eigenvalue weighted by atomic mass is 10.2. The second-order valence-corrected chi connectivity index (χ2v) is 3.63. The second kappa shape index (κ2) is 5.16. The van der Waals surface area contributed by atoms with E-state index in [-0.39, 0.29) is 5.91 Å². The predicted molar refractivity (Wildman–Crippen MR) is 69.2 cm³/mol. The second-order valence-electron chi connectivity index (χ2n) is 3.63. The van der Waals surface area contributed by atoms with Crippen LogP contribution in [0, 0.1) is 0 Å². The molecule has 0 aliphatic rings. The van der Waals surface area contributed by atoms with Crippen molar-refractivity contribution in [3.63, 3.8) is 0 Å². The standard InChI is InChI=1S/C14H14N2O/c1-2-6-14(17)15-12-7-5-8-13(11-12)16-9-3-4-10-16/h2-11H,1H3,(H,15,17). The molecule has 0 radical (unpaired) electrons. The molecular weight excluding hydrogens is 212 g/mol. The summed E-state index contributed by atoms with van der Waals surface area (Å²) in [6.45, 7) is 1.82. The van der Waals surface area contributed by atoms with E-state index in [1.807, 2.05) is 60.3 Å². The monoisotopic (exact) mass is 226 g/mol. The molecule has 0 bridgehead atoms. The van der Waals surface area contributed by atoms with Crippen molar-refractivity contribution < 1.29 is 4.79 Å². The molecule has 3 nitrogen and oxygen atoms in total. The Hall–Kier alpha value is -2.29. The van der Waals surface area contributed by atoms with Crippen molar-refractivity contribution >= 4 is 11.6 Å². The van der Waals surface area contributed by atoms with Crippen LogP contribution in [0.15, 0.2) is 60.9 Å². The van der Waals surface area contributed by atoms with Gasteiger partial charge < -0.3 is 9.88 Å². The molecule has 1 amide bonds. The van der Waals surface area contributed by atoms with E-state index in [9.17, 15) is 4.79 Å². The third-order valence-electron chi connectivity index (χ3n) is 2.33. The number of rotatable bonds is 3. The Labute approximate surface area is 100 Å². The fourth-order valence-electron chi connectivity index (χ4n) is 1.59. The fraction of sp³-hybridized carbons (Fsp3) is 0.0714. The average molecular weight is 226 g/mol. The van der Waals surface area contributed by atoms with Gasteiger partial charge in [-0.05, 0) is 43.3 Å². The van der Waals surface area contributed by atoms with Crippen LogP contribution in [0.1, 0.15) is 6.92 Å². The van der Waals surface area contributed by atoms with Gasteiger partial charge in [0.1, 0.15) is 0 Å². The number of amides is 1. The van der Waals surface area contributed by atoms with E-state index in [4.69, 9.17) is 0 Å². The number of hydrogen-bond acceptors (Lipinski definition) is 1. The van der Waals surface area contributed by atoms with Crippen LogP contribution >= 0.6 is 0 Å². The topological polar surface area (TPSA) is 34.0 Å². The average Bonchev–Trinajstić information content (AvgIpc) is 2.83. The highest BCUT2D eigenvalue weighted by molar-refractivity contribution is 5.99. The molecule has 1 aromatic carbocycles. The van der Waals surface area contributed by atoms with Crippen molar-refractivity contribution in [3.8, 4) is 5.69 Å². The third-order valence-corrected chi connectivity index (χ3v) is 2.33. The SMILES string of the molecule is CC=CC(=O)Nc1cccc(-n2cccc2)c1. The molecular formula is C14H14N2O. The molecule has 1 N–H and O–H groups in total. The van der Waals surface area contributed by atoms with Gasteiger partial charge in [0.2, 0.25) is 5.91 Å². The summed E-state index contributed by atoms with van der Waals surface area (Å²) in [5.41, 5.74) is 1.81. The maximum absolute atomic E-state index is 11.4. The normalized spacial score (nSPS) is 10.6. The lowest BCUT2D eigenvalue weighted by Crippen LogP contribution is -2.07. The van der Waals surface area contributed by atoms with Gasteiger partial charge in [-0.1, -0.05) is 12.1 Å². The molecule has 0 aliphatic heterocycles. The van der Waals surface area contributed by atoms with Crippen molar-refractivity contribution in [1.29, 1.82) is 0 Å². The number of hydrogen-bond donors (Lipinski definition) is 1. The highest BCUT2D eigenvalue weighted by Crippen LogP contribution is 2.14. The first-order chi connectivity index (χ1) is 8.29. The van der Waals surface area contributed by atoms with Gasteiger partial charge in [-0.3, -0.25) is 4.79 Å². The van der Waals surface area contributed by atoms with Gasteiger partial charge in [-0.25, -0.2) is 0 Å². The predicted octanol–water partition coefficient (Wildman–Crippen LogP) is 2.99. The van der Waals surface area contributed by atoms with Gasteiger partial charge in [-0.2, -0.15) is 0 Å². The molecule has 0 saturated carbocycles. The van der Waals surface area contributed by atoms with Gasteiger partial charge >= 0.3 is 0 Å². The Kier molecular flexibility index (Phi) is 3.40. The first kappa shape index (κ1) is 11.2. The number of carbonyl (C=O) groups excluding carboxylic acids is 1. The number of anilines is 1. The summed E-state index contributed by atoms with van der Waals surface area (Å²) in [7, 11) is 0. The summed E-state index contributed by atoms with van der Waals surface area (Å²) in [5, 5.41) is 2.81. The minimum absolute atomic E-state index is 0.114. The highest BCUT2D eigenvalue weighted by Gasteiger charge is 1.99. The first-order valence-electron chi connectivity index (χ1n) is 5.46. The number of nitrogens with zero attached hydrogens (tertiary/aromatic N) is 1. The summed E-state index contributed by atoms with van der Waals surface area (Å²) in [6, 6.07) is 11.6. The Balaban J connectivity index is 2.20. The first-order valence-corrected chi connectivity index (χ1v) is 5.46.